The zero-order valence-electron chi connectivity index (χ0n) is 6.10. The van der Waals surface area contributed by atoms with Crippen LogP contribution in [0.15, 0.2) is 12.3 Å². The molecule has 0 spiro atoms. The first-order valence-electron chi connectivity index (χ1n) is 3.82. The summed E-state index contributed by atoms with van der Waals surface area (Å²) in [6.07, 6.45) is 7.50. The van der Waals surface area contributed by atoms with E-state index in [1.165, 1.54) is 12.8 Å². The molecule has 0 aromatic carbocycles. The summed E-state index contributed by atoms with van der Waals surface area (Å²) in [5, 5.41) is 3.06. The Morgan fingerprint density at radius 2 is 2.20 bits per heavy atom. The van der Waals surface area contributed by atoms with Crippen LogP contribution in [-0.2, 0) is 4.79 Å². The topological polar surface area (TPSA) is 29.1 Å². The zero-order chi connectivity index (χ0) is 7.23. The molecule has 56 valence electrons. The quantitative estimate of drug-likeness (QED) is 0.547. The average Bonchev–Trinajstić information content (AvgIpc) is 2.02. The van der Waals surface area contributed by atoms with Crippen LogP contribution in [0.5, 0.6) is 0 Å². The van der Waals surface area contributed by atoms with Gasteiger partial charge in [0.15, 0.2) is 5.78 Å². The highest BCUT2D eigenvalue weighted by Crippen LogP contribution is 2.01. The molecule has 1 N–H and O–H groups in total. The second-order valence-electron chi connectivity index (χ2n) is 2.56. The van der Waals surface area contributed by atoms with Crippen LogP contribution in [0.2, 0.25) is 0 Å². The summed E-state index contributed by atoms with van der Waals surface area (Å²) in [5.74, 6) is 0.245. The van der Waals surface area contributed by atoms with Crippen LogP contribution in [0.25, 0.3) is 0 Å². The van der Waals surface area contributed by atoms with E-state index in [0.29, 0.717) is 0 Å². The van der Waals surface area contributed by atoms with Crippen molar-refractivity contribution in [2.45, 2.75) is 25.7 Å². The lowest BCUT2D eigenvalue weighted by Gasteiger charge is -1.95. The summed E-state index contributed by atoms with van der Waals surface area (Å²) < 4.78 is 0. The molecule has 0 saturated heterocycles. The summed E-state index contributed by atoms with van der Waals surface area (Å²) >= 11 is 0. The molecule has 2 nitrogen and oxygen atoms in total. The van der Waals surface area contributed by atoms with Gasteiger partial charge in [0.05, 0.1) is 0 Å². The fraction of sp³-hybridized carbons (Fsp3) is 0.625. The van der Waals surface area contributed by atoms with Crippen molar-refractivity contribution in [3.8, 4) is 0 Å². The first-order valence-corrected chi connectivity index (χ1v) is 3.82. The van der Waals surface area contributed by atoms with E-state index in [4.69, 9.17) is 0 Å². The van der Waals surface area contributed by atoms with E-state index in [9.17, 15) is 4.79 Å². The molecule has 0 atom stereocenters. The van der Waals surface area contributed by atoms with Crippen molar-refractivity contribution < 1.29 is 4.79 Å². The van der Waals surface area contributed by atoms with Gasteiger partial charge in [0, 0.05) is 13.0 Å². The first kappa shape index (κ1) is 7.32. The minimum Gasteiger partial charge on any atom is -0.391 e. The van der Waals surface area contributed by atoms with E-state index < -0.39 is 0 Å². The molecule has 1 rings (SSSR count). The number of ketones is 1. The van der Waals surface area contributed by atoms with Gasteiger partial charge in [0.1, 0.15) is 0 Å². The van der Waals surface area contributed by atoms with Crippen molar-refractivity contribution >= 4 is 5.78 Å². The molecule has 0 unspecified atom stereocenters. The molecule has 1 aliphatic rings. The fourth-order valence-corrected chi connectivity index (χ4v) is 1.02. The molecule has 0 aromatic heterocycles. The molecule has 1 heterocycles. The van der Waals surface area contributed by atoms with E-state index in [2.05, 4.69) is 5.32 Å². The third-order valence-electron chi connectivity index (χ3n) is 1.63. The van der Waals surface area contributed by atoms with Gasteiger partial charge in [0.2, 0.25) is 0 Å². The van der Waals surface area contributed by atoms with Gasteiger partial charge in [-0.25, -0.2) is 0 Å². The van der Waals surface area contributed by atoms with Gasteiger partial charge in [-0.15, -0.1) is 0 Å². The van der Waals surface area contributed by atoms with Crippen LogP contribution < -0.4 is 5.32 Å². The largest absolute Gasteiger partial charge is 0.391 e. The van der Waals surface area contributed by atoms with Gasteiger partial charge in [0.25, 0.3) is 0 Å². The first-order chi connectivity index (χ1) is 4.89. The van der Waals surface area contributed by atoms with Gasteiger partial charge >= 0.3 is 0 Å². The average molecular weight is 139 g/mol. The highest BCUT2D eigenvalue weighted by Gasteiger charge is 1.97. The molecule has 10 heavy (non-hydrogen) atoms. The van der Waals surface area contributed by atoms with E-state index in [1.807, 2.05) is 0 Å². The highest BCUT2D eigenvalue weighted by atomic mass is 16.1. The van der Waals surface area contributed by atoms with E-state index in [0.717, 1.165) is 19.4 Å². The van der Waals surface area contributed by atoms with Crippen LogP contribution in [-0.4, -0.2) is 12.3 Å². The van der Waals surface area contributed by atoms with Crippen molar-refractivity contribution in [1.29, 1.82) is 0 Å². The number of carbonyl (C=O) groups excluding carboxylic acids is 1. The van der Waals surface area contributed by atoms with E-state index in [1.54, 1.807) is 12.3 Å². The SMILES string of the molecule is O=C1/C=C\NCCCCC1. The van der Waals surface area contributed by atoms with Crippen LogP contribution in [0.4, 0.5) is 0 Å². The second-order valence-corrected chi connectivity index (χ2v) is 2.56. The summed E-state index contributed by atoms with van der Waals surface area (Å²) in [6.45, 7) is 1.00. The number of hydrogen-bond acceptors (Lipinski definition) is 2. The molecular formula is C8H13NO. The van der Waals surface area contributed by atoms with Gasteiger partial charge in [-0.1, -0.05) is 6.42 Å². The van der Waals surface area contributed by atoms with Crippen LogP contribution in [0.3, 0.4) is 0 Å². The summed E-state index contributed by atoms with van der Waals surface area (Å²) in [7, 11) is 0. The lowest BCUT2D eigenvalue weighted by Crippen LogP contribution is -2.05. The van der Waals surface area contributed by atoms with Gasteiger partial charge in [-0.05, 0) is 25.1 Å². The molecule has 0 radical (unpaired) electrons. The molecule has 0 amide bonds. The highest BCUT2D eigenvalue weighted by molar-refractivity contribution is 5.89. The van der Waals surface area contributed by atoms with Crippen molar-refractivity contribution in [1.82, 2.24) is 5.32 Å². The minimum atomic E-state index is 0.245. The molecule has 2 heteroatoms. The van der Waals surface area contributed by atoms with Crippen molar-refractivity contribution in [2.75, 3.05) is 6.54 Å². The zero-order valence-corrected chi connectivity index (χ0v) is 6.10. The standard InChI is InChI=1S/C8H13NO/c10-8-4-2-1-3-6-9-7-5-8/h5,7,9H,1-4,6H2/b7-5-. The Kier molecular flexibility index (Phi) is 3.00. The molecule has 0 bridgehead atoms. The smallest absolute Gasteiger partial charge is 0.157 e. The summed E-state index contributed by atoms with van der Waals surface area (Å²) in [5.41, 5.74) is 0. The Labute approximate surface area is 61.3 Å². The second kappa shape index (κ2) is 4.09. The monoisotopic (exact) mass is 139 g/mol. The number of hydrogen-bond donors (Lipinski definition) is 1. The van der Waals surface area contributed by atoms with Gasteiger partial charge in [-0.2, -0.15) is 0 Å². The normalized spacial score (nSPS) is 23.8. The predicted molar refractivity (Wildman–Crippen MR) is 40.6 cm³/mol. The molecule has 1 aliphatic heterocycles. The Balaban J connectivity index is 2.35. The Bertz CT molecular complexity index is 140. The summed E-state index contributed by atoms with van der Waals surface area (Å²) in [4.78, 5) is 10.9. The third kappa shape index (κ3) is 2.67. The number of nitrogens with one attached hydrogen (secondary N) is 1. The van der Waals surface area contributed by atoms with Crippen molar-refractivity contribution in [3.63, 3.8) is 0 Å². The van der Waals surface area contributed by atoms with Crippen molar-refractivity contribution in [2.24, 2.45) is 0 Å². The molecule has 0 aliphatic carbocycles. The lowest BCUT2D eigenvalue weighted by molar-refractivity contribution is -0.114. The maximum atomic E-state index is 10.9. The lowest BCUT2D eigenvalue weighted by atomic mass is 10.1. The van der Waals surface area contributed by atoms with Gasteiger partial charge < -0.3 is 5.32 Å². The number of allylic oxidation sites excluding steroid dienone is 1. The fourth-order valence-electron chi connectivity index (χ4n) is 1.02. The molecule has 0 aromatic rings. The third-order valence-corrected chi connectivity index (χ3v) is 1.63. The maximum absolute atomic E-state index is 10.9. The van der Waals surface area contributed by atoms with Crippen LogP contribution >= 0.6 is 0 Å². The molecular weight excluding hydrogens is 126 g/mol. The number of rotatable bonds is 0. The molecule has 0 saturated carbocycles. The molecule has 0 fully saturated rings. The van der Waals surface area contributed by atoms with Crippen molar-refractivity contribution in [3.05, 3.63) is 12.3 Å². The summed E-state index contributed by atoms with van der Waals surface area (Å²) in [6, 6.07) is 0. The maximum Gasteiger partial charge on any atom is 0.157 e. The minimum absolute atomic E-state index is 0.245. The van der Waals surface area contributed by atoms with E-state index in [-0.39, 0.29) is 5.78 Å². The Morgan fingerprint density at radius 3 is 3.10 bits per heavy atom. The Morgan fingerprint density at radius 1 is 1.30 bits per heavy atom. The van der Waals surface area contributed by atoms with Crippen LogP contribution in [0, 0.1) is 0 Å². The predicted octanol–water partition coefficient (Wildman–Crippen LogP) is 1.23. The van der Waals surface area contributed by atoms with E-state index >= 15 is 0 Å². The number of carbonyl (C=O) groups is 1. The van der Waals surface area contributed by atoms with Gasteiger partial charge in [-0.3, -0.25) is 4.79 Å². The van der Waals surface area contributed by atoms with Crippen LogP contribution in [0.1, 0.15) is 25.7 Å². The Hall–Kier alpha value is -0.790.